The summed E-state index contributed by atoms with van der Waals surface area (Å²) in [5.74, 6) is 0. The van der Waals surface area contributed by atoms with Gasteiger partial charge in [0.05, 0.1) is 22.8 Å². The van der Waals surface area contributed by atoms with Gasteiger partial charge in [-0.05, 0) is 79.9 Å². The fourth-order valence-corrected chi connectivity index (χ4v) is 8.98. The summed E-state index contributed by atoms with van der Waals surface area (Å²) in [6, 6.07) is 61.1. The summed E-state index contributed by atoms with van der Waals surface area (Å²) < 4.78 is 0. The van der Waals surface area contributed by atoms with Gasteiger partial charge in [0.2, 0.25) is 0 Å². The van der Waals surface area contributed by atoms with Crippen LogP contribution in [-0.2, 0) is 10.8 Å². The van der Waals surface area contributed by atoms with Gasteiger partial charge in [-0.15, -0.1) is 0 Å². The van der Waals surface area contributed by atoms with Crippen LogP contribution in [-0.4, -0.2) is 9.97 Å². The van der Waals surface area contributed by atoms with Gasteiger partial charge in [0, 0.05) is 33.1 Å². The Morgan fingerprint density at radius 1 is 0.278 bits per heavy atom. The van der Waals surface area contributed by atoms with Gasteiger partial charge < -0.3 is 0 Å². The molecule has 0 atom stereocenters. The fourth-order valence-electron chi connectivity index (χ4n) is 8.98. The van der Waals surface area contributed by atoms with Gasteiger partial charge in [-0.25, -0.2) is 9.97 Å². The number of benzene rings is 7. The van der Waals surface area contributed by atoms with E-state index in [1.54, 1.807) is 0 Å². The summed E-state index contributed by atoms with van der Waals surface area (Å²) in [5.41, 5.74) is 20.9. The van der Waals surface area contributed by atoms with Crippen LogP contribution < -0.4 is 0 Å². The van der Waals surface area contributed by atoms with Crippen molar-refractivity contribution < 1.29 is 0 Å². The normalized spacial score (nSPS) is 14.2. The van der Waals surface area contributed by atoms with E-state index < -0.39 is 0 Å². The second kappa shape index (κ2) is 12.1. The average molecular weight is 693 g/mol. The molecule has 7 aromatic carbocycles. The highest BCUT2D eigenvalue weighted by molar-refractivity contribution is 5.92. The van der Waals surface area contributed by atoms with Gasteiger partial charge >= 0.3 is 0 Å². The van der Waals surface area contributed by atoms with E-state index in [-0.39, 0.29) is 10.8 Å². The Hall–Kier alpha value is -6.38. The Morgan fingerprint density at radius 3 is 1.22 bits per heavy atom. The first-order valence-electron chi connectivity index (χ1n) is 18.9. The molecule has 54 heavy (non-hydrogen) atoms. The molecule has 2 heteroatoms. The van der Waals surface area contributed by atoms with Crippen molar-refractivity contribution in [3.8, 4) is 78.4 Å². The zero-order chi connectivity index (χ0) is 36.6. The van der Waals surface area contributed by atoms with Crippen molar-refractivity contribution in [1.82, 2.24) is 9.97 Å². The highest BCUT2D eigenvalue weighted by atomic mass is 14.9. The number of hydrogen-bond acceptors (Lipinski definition) is 2. The van der Waals surface area contributed by atoms with Gasteiger partial charge in [0.25, 0.3) is 0 Å². The molecule has 8 aromatic rings. The molecule has 10 rings (SSSR count). The first-order valence-corrected chi connectivity index (χ1v) is 18.9. The molecule has 2 aliphatic carbocycles. The van der Waals surface area contributed by atoms with Gasteiger partial charge in [-0.3, -0.25) is 0 Å². The minimum absolute atomic E-state index is 0.0323. The van der Waals surface area contributed by atoms with E-state index >= 15 is 0 Å². The number of rotatable bonds is 5. The van der Waals surface area contributed by atoms with Crippen molar-refractivity contribution in [2.45, 2.75) is 38.5 Å². The zero-order valence-electron chi connectivity index (χ0n) is 31.1. The molecule has 0 unspecified atom stereocenters. The Kier molecular flexibility index (Phi) is 7.22. The van der Waals surface area contributed by atoms with Crippen molar-refractivity contribution in [1.29, 1.82) is 0 Å². The fraction of sp³-hybridized carbons (Fsp3) is 0.115. The zero-order valence-corrected chi connectivity index (χ0v) is 31.1. The van der Waals surface area contributed by atoms with E-state index in [0.717, 1.165) is 50.6 Å². The molecule has 0 saturated carbocycles. The molecule has 0 amide bonds. The lowest BCUT2D eigenvalue weighted by molar-refractivity contribution is 0.652. The lowest BCUT2D eigenvalue weighted by Gasteiger charge is -2.24. The van der Waals surface area contributed by atoms with Gasteiger partial charge in [0.15, 0.2) is 0 Å². The van der Waals surface area contributed by atoms with E-state index in [0.29, 0.717) is 0 Å². The molecule has 2 aliphatic rings. The maximum Gasteiger partial charge on any atom is 0.0973 e. The summed E-state index contributed by atoms with van der Waals surface area (Å²) in [4.78, 5) is 10.9. The Labute approximate surface area is 317 Å². The second-order valence-electron chi connectivity index (χ2n) is 15.8. The molecule has 1 heterocycles. The molecule has 258 valence electrons. The van der Waals surface area contributed by atoms with Gasteiger partial charge in [-0.2, -0.15) is 0 Å². The molecule has 0 bridgehead atoms. The SMILES string of the molecule is CC1(C)c2ccccc2-c2cc3c(cc21)-c1ccc(-c2cccc(-c4nc(-c5ccccc5)c(-c5ccccc5)nc4-c4ccccc4)c2)cc1C3(C)C. The smallest absolute Gasteiger partial charge is 0.0973 e. The third-order valence-electron chi connectivity index (χ3n) is 11.9. The van der Waals surface area contributed by atoms with Crippen LogP contribution in [0.3, 0.4) is 0 Å². The number of fused-ring (bicyclic) bond motifs is 6. The average Bonchev–Trinajstić information content (AvgIpc) is 3.59. The Balaban J connectivity index is 1.11. The van der Waals surface area contributed by atoms with Crippen LogP contribution >= 0.6 is 0 Å². The molecular weight excluding hydrogens is 653 g/mol. The van der Waals surface area contributed by atoms with Crippen LogP contribution in [0.15, 0.2) is 170 Å². The molecule has 2 nitrogen and oxygen atoms in total. The van der Waals surface area contributed by atoms with Gasteiger partial charge in [0.1, 0.15) is 0 Å². The quantitative estimate of drug-likeness (QED) is 0.179. The molecule has 0 N–H and O–H groups in total. The predicted molar refractivity (Wildman–Crippen MR) is 224 cm³/mol. The van der Waals surface area contributed by atoms with Crippen molar-refractivity contribution >= 4 is 0 Å². The van der Waals surface area contributed by atoms with Crippen molar-refractivity contribution in [2.24, 2.45) is 0 Å². The van der Waals surface area contributed by atoms with Gasteiger partial charge in [-0.1, -0.05) is 173 Å². The molecule has 0 saturated heterocycles. The summed E-state index contributed by atoms with van der Waals surface area (Å²) >= 11 is 0. The highest BCUT2D eigenvalue weighted by Crippen LogP contribution is 2.56. The minimum Gasteiger partial charge on any atom is -0.243 e. The molecule has 0 radical (unpaired) electrons. The van der Waals surface area contributed by atoms with Crippen LogP contribution in [0.2, 0.25) is 0 Å². The van der Waals surface area contributed by atoms with E-state index in [1.165, 1.54) is 50.1 Å². The Bertz CT molecular complexity index is 2740. The van der Waals surface area contributed by atoms with Crippen LogP contribution in [0.25, 0.3) is 78.4 Å². The summed E-state index contributed by atoms with van der Waals surface area (Å²) in [6.45, 7) is 9.51. The lowest BCUT2D eigenvalue weighted by Crippen LogP contribution is -2.17. The van der Waals surface area contributed by atoms with Crippen LogP contribution in [0.1, 0.15) is 49.9 Å². The first-order chi connectivity index (χ1) is 26.3. The third-order valence-corrected chi connectivity index (χ3v) is 11.9. The van der Waals surface area contributed by atoms with Crippen LogP contribution in [0.5, 0.6) is 0 Å². The highest BCUT2D eigenvalue weighted by Gasteiger charge is 2.41. The lowest BCUT2D eigenvalue weighted by atomic mass is 9.79. The summed E-state index contributed by atoms with van der Waals surface area (Å²) in [5, 5.41) is 0. The van der Waals surface area contributed by atoms with Crippen LogP contribution in [0.4, 0.5) is 0 Å². The summed E-state index contributed by atoms with van der Waals surface area (Å²) in [7, 11) is 0. The van der Waals surface area contributed by atoms with E-state index in [4.69, 9.17) is 9.97 Å². The van der Waals surface area contributed by atoms with Crippen molar-refractivity contribution in [3.05, 3.63) is 192 Å². The first kappa shape index (κ1) is 32.3. The third kappa shape index (κ3) is 4.94. The van der Waals surface area contributed by atoms with Crippen molar-refractivity contribution in [3.63, 3.8) is 0 Å². The van der Waals surface area contributed by atoms with Crippen molar-refractivity contribution in [2.75, 3.05) is 0 Å². The molecule has 0 fully saturated rings. The largest absolute Gasteiger partial charge is 0.243 e. The van der Waals surface area contributed by atoms with E-state index in [9.17, 15) is 0 Å². The topological polar surface area (TPSA) is 25.8 Å². The monoisotopic (exact) mass is 692 g/mol. The minimum atomic E-state index is -0.140. The second-order valence-corrected chi connectivity index (χ2v) is 15.8. The molecular formula is C52H40N2. The maximum absolute atomic E-state index is 5.50. The van der Waals surface area contributed by atoms with E-state index in [2.05, 4.69) is 185 Å². The molecule has 0 spiro atoms. The maximum atomic E-state index is 5.50. The predicted octanol–water partition coefficient (Wildman–Crippen LogP) is 13.4. The molecule has 1 aromatic heterocycles. The van der Waals surface area contributed by atoms with E-state index in [1.807, 2.05) is 12.1 Å². The van der Waals surface area contributed by atoms with Crippen LogP contribution in [0, 0.1) is 0 Å². The number of hydrogen-bond donors (Lipinski definition) is 0. The Morgan fingerprint density at radius 2 is 0.667 bits per heavy atom. The summed E-state index contributed by atoms with van der Waals surface area (Å²) in [6.07, 6.45) is 0. The standard InChI is InChI=1S/C52H40N2/c1-51(2)43-26-15-14-25-39(43)41-31-46-42(32-45(41)51)40-28-27-37(30-44(40)52(46,3)4)36-23-16-24-38(29-36)50-49(35-21-12-7-13-22-35)53-47(33-17-8-5-9-18-33)48(54-50)34-19-10-6-11-20-34/h5-32H,1-4H3. The number of nitrogens with zero attached hydrogens (tertiary/aromatic N) is 2. The number of aromatic nitrogens is 2. The molecule has 0 aliphatic heterocycles.